The number of hydrogen-bond acceptors (Lipinski definition) is 4. The molecule has 4 nitrogen and oxygen atoms in total. The molecule has 5 heteroatoms. The van der Waals surface area contributed by atoms with Crippen molar-refractivity contribution in [2.45, 2.75) is 6.61 Å². The first-order chi connectivity index (χ1) is 8.27. The van der Waals surface area contributed by atoms with E-state index in [9.17, 15) is 0 Å². The van der Waals surface area contributed by atoms with Crippen molar-refractivity contribution in [1.82, 2.24) is 0 Å². The Morgan fingerprint density at radius 3 is 2.59 bits per heavy atom. The highest BCUT2D eigenvalue weighted by Crippen LogP contribution is 2.25. The van der Waals surface area contributed by atoms with E-state index in [-0.39, 0.29) is 6.61 Å². The SMILES string of the molecule is COCCOCCOc1ccc(CO)cc1Br. The van der Waals surface area contributed by atoms with Gasteiger partial charge in [0.2, 0.25) is 0 Å². The standard InChI is InChI=1S/C12H17BrO4/c1-15-4-5-16-6-7-17-12-3-2-10(9-14)8-11(12)13/h2-3,8,14H,4-7,9H2,1H3. The summed E-state index contributed by atoms with van der Waals surface area (Å²) in [6, 6.07) is 5.48. The van der Waals surface area contributed by atoms with E-state index < -0.39 is 0 Å². The monoisotopic (exact) mass is 304 g/mol. The van der Waals surface area contributed by atoms with Gasteiger partial charge in [-0.15, -0.1) is 0 Å². The molecule has 0 saturated heterocycles. The zero-order valence-corrected chi connectivity index (χ0v) is 11.4. The molecule has 1 rings (SSSR count). The number of methoxy groups -OCH3 is 1. The Morgan fingerprint density at radius 1 is 1.18 bits per heavy atom. The number of ether oxygens (including phenoxy) is 3. The van der Waals surface area contributed by atoms with Crippen molar-refractivity contribution in [3.63, 3.8) is 0 Å². The van der Waals surface area contributed by atoms with E-state index in [4.69, 9.17) is 19.3 Å². The summed E-state index contributed by atoms with van der Waals surface area (Å²) in [5.41, 5.74) is 0.848. The molecule has 0 aliphatic heterocycles. The predicted octanol–water partition coefficient (Wildman–Crippen LogP) is 1.98. The fourth-order valence-corrected chi connectivity index (χ4v) is 1.76. The van der Waals surface area contributed by atoms with Crippen LogP contribution >= 0.6 is 15.9 Å². The first-order valence-corrected chi connectivity index (χ1v) is 6.16. The molecule has 0 heterocycles. The molecule has 0 spiro atoms. The van der Waals surface area contributed by atoms with Crippen LogP contribution in [0, 0.1) is 0 Å². The van der Waals surface area contributed by atoms with Crippen LogP contribution < -0.4 is 4.74 Å². The van der Waals surface area contributed by atoms with E-state index in [0.717, 1.165) is 15.8 Å². The summed E-state index contributed by atoms with van der Waals surface area (Å²) in [5, 5.41) is 8.96. The van der Waals surface area contributed by atoms with Crippen molar-refractivity contribution >= 4 is 15.9 Å². The average molecular weight is 305 g/mol. The fourth-order valence-electron chi connectivity index (χ4n) is 1.21. The summed E-state index contributed by atoms with van der Waals surface area (Å²) in [4.78, 5) is 0. The highest BCUT2D eigenvalue weighted by Gasteiger charge is 2.02. The van der Waals surface area contributed by atoms with E-state index in [1.54, 1.807) is 7.11 Å². The minimum Gasteiger partial charge on any atom is -0.490 e. The Kier molecular flexibility index (Phi) is 7.19. The van der Waals surface area contributed by atoms with Gasteiger partial charge >= 0.3 is 0 Å². The molecule has 0 aliphatic carbocycles. The molecule has 1 N–H and O–H groups in total. The van der Waals surface area contributed by atoms with Crippen LogP contribution in [-0.2, 0) is 16.1 Å². The maximum Gasteiger partial charge on any atom is 0.133 e. The lowest BCUT2D eigenvalue weighted by molar-refractivity contribution is 0.0543. The third kappa shape index (κ3) is 5.50. The van der Waals surface area contributed by atoms with Gasteiger partial charge in [-0.1, -0.05) is 6.07 Å². The van der Waals surface area contributed by atoms with Crippen LogP contribution in [0.5, 0.6) is 5.75 Å². The summed E-state index contributed by atoms with van der Waals surface area (Å²) in [5.74, 6) is 0.748. The number of hydrogen-bond donors (Lipinski definition) is 1. The molecule has 17 heavy (non-hydrogen) atoms. The van der Waals surface area contributed by atoms with Crippen LogP contribution in [0.15, 0.2) is 22.7 Å². The molecule has 0 atom stereocenters. The van der Waals surface area contributed by atoms with Crippen molar-refractivity contribution in [2.75, 3.05) is 33.5 Å². The van der Waals surface area contributed by atoms with Gasteiger partial charge in [0.1, 0.15) is 12.4 Å². The zero-order chi connectivity index (χ0) is 12.5. The minimum absolute atomic E-state index is 0.0268. The number of aliphatic hydroxyl groups excluding tert-OH is 1. The van der Waals surface area contributed by atoms with Crippen LogP contribution in [-0.4, -0.2) is 38.6 Å². The molecule has 0 radical (unpaired) electrons. The third-order valence-corrected chi connectivity index (χ3v) is 2.72. The highest BCUT2D eigenvalue weighted by molar-refractivity contribution is 9.10. The lowest BCUT2D eigenvalue weighted by Crippen LogP contribution is -2.10. The summed E-state index contributed by atoms with van der Waals surface area (Å²) in [7, 11) is 1.64. The first kappa shape index (κ1) is 14.4. The van der Waals surface area contributed by atoms with Crippen molar-refractivity contribution < 1.29 is 19.3 Å². The molecular weight excluding hydrogens is 288 g/mol. The van der Waals surface area contributed by atoms with Gasteiger partial charge in [0.25, 0.3) is 0 Å². The molecule has 1 aromatic carbocycles. The molecule has 0 aromatic heterocycles. The van der Waals surface area contributed by atoms with Crippen LogP contribution in [0.4, 0.5) is 0 Å². The fraction of sp³-hybridized carbons (Fsp3) is 0.500. The van der Waals surface area contributed by atoms with E-state index in [2.05, 4.69) is 15.9 Å². The molecule has 96 valence electrons. The topological polar surface area (TPSA) is 47.9 Å². The summed E-state index contributed by atoms with van der Waals surface area (Å²) >= 11 is 3.39. The van der Waals surface area contributed by atoms with Gasteiger partial charge in [-0.25, -0.2) is 0 Å². The molecule has 0 aliphatic rings. The van der Waals surface area contributed by atoms with Gasteiger partial charge in [0, 0.05) is 7.11 Å². The molecule has 0 fully saturated rings. The maximum absolute atomic E-state index is 8.96. The molecule has 0 saturated carbocycles. The smallest absolute Gasteiger partial charge is 0.133 e. The Bertz CT molecular complexity index is 330. The molecule has 0 bridgehead atoms. The van der Waals surface area contributed by atoms with Crippen molar-refractivity contribution in [2.24, 2.45) is 0 Å². The second-order valence-electron chi connectivity index (χ2n) is 3.38. The van der Waals surface area contributed by atoms with Crippen LogP contribution in [0.25, 0.3) is 0 Å². The van der Waals surface area contributed by atoms with Crippen LogP contribution in [0.3, 0.4) is 0 Å². The maximum atomic E-state index is 8.96. The third-order valence-electron chi connectivity index (χ3n) is 2.10. The van der Waals surface area contributed by atoms with Gasteiger partial charge < -0.3 is 19.3 Å². The van der Waals surface area contributed by atoms with Gasteiger partial charge in [-0.3, -0.25) is 0 Å². The highest BCUT2D eigenvalue weighted by atomic mass is 79.9. The number of aliphatic hydroxyl groups is 1. The van der Waals surface area contributed by atoms with Crippen LogP contribution in [0.1, 0.15) is 5.56 Å². The summed E-state index contributed by atoms with van der Waals surface area (Å²) in [6.07, 6.45) is 0. The van der Waals surface area contributed by atoms with Crippen molar-refractivity contribution in [3.8, 4) is 5.75 Å². The van der Waals surface area contributed by atoms with Crippen LogP contribution in [0.2, 0.25) is 0 Å². The Morgan fingerprint density at radius 2 is 1.94 bits per heavy atom. The summed E-state index contributed by atoms with van der Waals surface area (Å²) in [6.45, 7) is 2.21. The van der Waals surface area contributed by atoms with Crippen molar-refractivity contribution in [3.05, 3.63) is 28.2 Å². The molecule has 0 amide bonds. The quantitative estimate of drug-likeness (QED) is 0.746. The minimum atomic E-state index is 0.0268. The molecular formula is C12H17BrO4. The first-order valence-electron chi connectivity index (χ1n) is 5.36. The molecule has 1 aromatic rings. The van der Waals surface area contributed by atoms with E-state index in [1.165, 1.54) is 0 Å². The van der Waals surface area contributed by atoms with E-state index in [1.807, 2.05) is 18.2 Å². The second kappa shape index (κ2) is 8.47. The lowest BCUT2D eigenvalue weighted by Gasteiger charge is -2.09. The number of rotatable bonds is 8. The number of halogens is 1. The Hall–Kier alpha value is -0.620. The average Bonchev–Trinajstić information content (AvgIpc) is 2.35. The predicted molar refractivity (Wildman–Crippen MR) is 68.3 cm³/mol. The van der Waals surface area contributed by atoms with Gasteiger partial charge in [-0.05, 0) is 33.6 Å². The van der Waals surface area contributed by atoms with E-state index in [0.29, 0.717) is 26.4 Å². The zero-order valence-electron chi connectivity index (χ0n) is 9.82. The normalized spacial score (nSPS) is 10.5. The van der Waals surface area contributed by atoms with E-state index >= 15 is 0 Å². The number of benzene rings is 1. The second-order valence-corrected chi connectivity index (χ2v) is 4.23. The lowest BCUT2D eigenvalue weighted by atomic mass is 10.2. The summed E-state index contributed by atoms with van der Waals surface area (Å²) < 4.78 is 16.5. The van der Waals surface area contributed by atoms with Gasteiger partial charge in [-0.2, -0.15) is 0 Å². The van der Waals surface area contributed by atoms with Gasteiger partial charge in [0.15, 0.2) is 0 Å². The largest absolute Gasteiger partial charge is 0.490 e. The van der Waals surface area contributed by atoms with Gasteiger partial charge in [0.05, 0.1) is 30.9 Å². The molecule has 0 unspecified atom stereocenters. The van der Waals surface area contributed by atoms with Crippen molar-refractivity contribution in [1.29, 1.82) is 0 Å². The Balaban J connectivity index is 2.27. The Labute approximate surface area is 110 Å².